The van der Waals surface area contributed by atoms with Crippen LogP contribution in [0.15, 0.2) is 54.6 Å². The molecule has 2 N–H and O–H groups in total. The number of piperidine rings is 1. The van der Waals surface area contributed by atoms with Crippen molar-refractivity contribution in [2.24, 2.45) is 5.92 Å². The number of hydrogen-bond acceptors (Lipinski definition) is 3. The Morgan fingerprint density at radius 3 is 2.23 bits per heavy atom. The second-order valence-corrected chi connectivity index (χ2v) is 9.82. The molecule has 0 unspecified atom stereocenters. The fourth-order valence-electron chi connectivity index (χ4n) is 4.95. The van der Waals surface area contributed by atoms with E-state index in [1.807, 2.05) is 30.3 Å². The van der Waals surface area contributed by atoms with Crippen LogP contribution in [0.3, 0.4) is 0 Å². The third-order valence-corrected chi connectivity index (χ3v) is 7.37. The van der Waals surface area contributed by atoms with Crippen LogP contribution in [0.2, 0.25) is 0 Å². The maximum atomic E-state index is 13.2. The van der Waals surface area contributed by atoms with E-state index < -0.39 is 11.2 Å². The quantitative estimate of drug-likeness (QED) is 0.585. The van der Waals surface area contributed by atoms with Gasteiger partial charge in [-0.05, 0) is 55.5 Å². The molecule has 0 spiro atoms. The summed E-state index contributed by atoms with van der Waals surface area (Å²) in [6.07, 6.45) is 4.90. The molecule has 0 radical (unpaired) electrons. The van der Waals surface area contributed by atoms with E-state index >= 15 is 0 Å². The first kappa shape index (κ1) is 25.2. The Morgan fingerprint density at radius 2 is 1.54 bits per heavy atom. The van der Waals surface area contributed by atoms with Gasteiger partial charge in [0.15, 0.2) is 0 Å². The average molecular weight is 500 g/mol. The number of hydrogen-bond donors (Lipinski definition) is 2. The van der Waals surface area contributed by atoms with Crippen molar-refractivity contribution in [1.82, 2.24) is 15.5 Å². The van der Waals surface area contributed by atoms with E-state index in [0.29, 0.717) is 25.1 Å². The van der Waals surface area contributed by atoms with Gasteiger partial charge in [0.1, 0.15) is 11.2 Å². The summed E-state index contributed by atoms with van der Waals surface area (Å²) in [5.41, 5.74) is 1.13. The summed E-state index contributed by atoms with van der Waals surface area (Å²) in [7, 11) is 0. The Bertz CT molecular complexity index is 1030. The highest BCUT2D eigenvalue weighted by atomic mass is 35.5. The van der Waals surface area contributed by atoms with Crippen LogP contribution >= 0.6 is 11.6 Å². The van der Waals surface area contributed by atoms with E-state index in [4.69, 9.17) is 11.6 Å². The number of nitrogens with zero attached hydrogens (tertiary/aromatic N) is 1. The van der Waals surface area contributed by atoms with Crippen molar-refractivity contribution >= 4 is 29.3 Å². The average Bonchev–Trinajstić information content (AvgIpc) is 2.90. The molecule has 1 saturated heterocycles. The largest absolute Gasteiger partial charge is 0.351 e. The first-order valence-corrected chi connectivity index (χ1v) is 12.7. The van der Waals surface area contributed by atoms with Gasteiger partial charge in [0.05, 0.1) is 5.92 Å². The number of alkyl halides is 1. The predicted molar refractivity (Wildman–Crippen MR) is 132 cm³/mol. The standard InChI is InChI=1S/C27H31ClFN3O3/c28-24(18-7-2-1-3-8-18)27(35)32-16-6-9-20(17-32)26(34)31-23-11-5-4-10-22(23)30-25(33)19-12-14-21(29)15-13-19/h1-3,7-8,12-15,20,22-24H,4-6,9-11,16-17H2,(H,30,33)(H,31,34)/t20-,22-,23-,24+/m1/s1. The van der Waals surface area contributed by atoms with Gasteiger partial charge in [-0.15, -0.1) is 11.6 Å². The molecule has 1 aliphatic heterocycles. The Balaban J connectivity index is 1.35. The first-order valence-electron chi connectivity index (χ1n) is 12.3. The Kier molecular flexibility index (Phi) is 8.39. The van der Waals surface area contributed by atoms with Gasteiger partial charge in [0, 0.05) is 30.7 Å². The summed E-state index contributed by atoms with van der Waals surface area (Å²) in [5.74, 6) is -1.27. The minimum Gasteiger partial charge on any atom is -0.351 e. The lowest BCUT2D eigenvalue weighted by Crippen LogP contribution is -2.55. The lowest BCUT2D eigenvalue weighted by atomic mass is 9.88. The molecule has 2 aromatic carbocycles. The Hall–Kier alpha value is -2.93. The summed E-state index contributed by atoms with van der Waals surface area (Å²) in [6.45, 7) is 0.915. The third kappa shape index (κ3) is 6.40. The lowest BCUT2D eigenvalue weighted by molar-refractivity contribution is -0.135. The summed E-state index contributed by atoms with van der Waals surface area (Å²) < 4.78 is 13.2. The highest BCUT2D eigenvalue weighted by Gasteiger charge is 2.34. The molecule has 3 amide bonds. The molecule has 4 atom stereocenters. The van der Waals surface area contributed by atoms with Crippen LogP contribution in [0.1, 0.15) is 59.8 Å². The van der Waals surface area contributed by atoms with E-state index in [9.17, 15) is 18.8 Å². The van der Waals surface area contributed by atoms with Crippen molar-refractivity contribution < 1.29 is 18.8 Å². The van der Waals surface area contributed by atoms with Crippen LogP contribution in [0.4, 0.5) is 4.39 Å². The monoisotopic (exact) mass is 499 g/mol. The molecule has 35 heavy (non-hydrogen) atoms. The fourth-order valence-corrected chi connectivity index (χ4v) is 5.23. The Morgan fingerprint density at radius 1 is 0.886 bits per heavy atom. The fraction of sp³-hybridized carbons (Fsp3) is 0.444. The van der Waals surface area contributed by atoms with Gasteiger partial charge < -0.3 is 15.5 Å². The van der Waals surface area contributed by atoms with E-state index in [1.165, 1.54) is 24.3 Å². The van der Waals surface area contributed by atoms with Crippen molar-refractivity contribution in [1.29, 1.82) is 0 Å². The molecule has 2 aromatic rings. The maximum absolute atomic E-state index is 13.2. The van der Waals surface area contributed by atoms with Crippen molar-refractivity contribution in [2.45, 2.75) is 56.0 Å². The van der Waals surface area contributed by atoms with Crippen LogP contribution in [0, 0.1) is 11.7 Å². The summed E-state index contributed by atoms with van der Waals surface area (Å²) in [4.78, 5) is 40.5. The third-order valence-electron chi connectivity index (χ3n) is 6.93. The number of likely N-dealkylation sites (tertiary alicyclic amines) is 1. The molecular formula is C27H31ClFN3O3. The van der Waals surface area contributed by atoms with E-state index in [-0.39, 0.29) is 35.7 Å². The zero-order chi connectivity index (χ0) is 24.8. The zero-order valence-corrected chi connectivity index (χ0v) is 20.3. The minimum atomic E-state index is -0.776. The molecular weight excluding hydrogens is 469 g/mol. The Labute approximate surface area is 210 Å². The van der Waals surface area contributed by atoms with E-state index in [1.54, 1.807) is 4.90 Å². The first-order chi connectivity index (χ1) is 16.9. The number of benzene rings is 2. The molecule has 6 nitrogen and oxygen atoms in total. The summed E-state index contributed by atoms with van der Waals surface area (Å²) >= 11 is 6.45. The molecule has 0 bridgehead atoms. The van der Waals surface area contributed by atoms with Crippen molar-refractivity contribution in [2.75, 3.05) is 13.1 Å². The normalized spacial score (nSPS) is 23.3. The molecule has 2 aliphatic rings. The topological polar surface area (TPSA) is 78.5 Å². The van der Waals surface area contributed by atoms with Gasteiger partial charge in [-0.1, -0.05) is 43.2 Å². The number of carbonyl (C=O) groups excluding carboxylic acids is 3. The molecule has 1 heterocycles. The summed E-state index contributed by atoms with van der Waals surface area (Å²) in [6, 6.07) is 14.3. The van der Waals surface area contributed by atoms with Gasteiger partial charge in [0.25, 0.3) is 5.91 Å². The molecule has 1 aliphatic carbocycles. The van der Waals surface area contributed by atoms with Crippen LogP contribution in [0.25, 0.3) is 0 Å². The molecule has 8 heteroatoms. The predicted octanol–water partition coefficient (Wildman–Crippen LogP) is 4.20. The minimum absolute atomic E-state index is 0.0961. The van der Waals surface area contributed by atoms with Crippen LogP contribution in [-0.4, -0.2) is 47.8 Å². The zero-order valence-electron chi connectivity index (χ0n) is 19.6. The van der Waals surface area contributed by atoms with Crippen LogP contribution in [0.5, 0.6) is 0 Å². The van der Waals surface area contributed by atoms with Gasteiger partial charge in [-0.2, -0.15) is 0 Å². The molecule has 1 saturated carbocycles. The second-order valence-electron chi connectivity index (χ2n) is 9.38. The lowest BCUT2D eigenvalue weighted by Gasteiger charge is -2.36. The molecule has 0 aromatic heterocycles. The van der Waals surface area contributed by atoms with Gasteiger partial charge in [-0.25, -0.2) is 4.39 Å². The summed E-state index contributed by atoms with van der Waals surface area (Å²) in [5, 5.41) is 5.38. The molecule has 186 valence electrons. The van der Waals surface area contributed by atoms with Gasteiger partial charge >= 0.3 is 0 Å². The SMILES string of the molecule is O=C(N[C@@H]1CCCC[C@H]1NC(=O)[C@@H]1CCCN(C(=O)[C@@H](Cl)c2ccccc2)C1)c1ccc(F)cc1. The molecule has 2 fully saturated rings. The number of rotatable bonds is 6. The number of halogens is 2. The van der Waals surface area contributed by atoms with Crippen molar-refractivity contribution in [3.63, 3.8) is 0 Å². The smallest absolute Gasteiger partial charge is 0.251 e. The van der Waals surface area contributed by atoms with Gasteiger partial charge in [0.2, 0.25) is 11.8 Å². The maximum Gasteiger partial charge on any atom is 0.251 e. The van der Waals surface area contributed by atoms with E-state index in [2.05, 4.69) is 10.6 Å². The highest BCUT2D eigenvalue weighted by Crippen LogP contribution is 2.27. The highest BCUT2D eigenvalue weighted by molar-refractivity contribution is 6.30. The van der Waals surface area contributed by atoms with Crippen LogP contribution < -0.4 is 10.6 Å². The second kappa shape index (κ2) is 11.7. The number of nitrogens with one attached hydrogen (secondary N) is 2. The molecule has 4 rings (SSSR count). The van der Waals surface area contributed by atoms with E-state index in [0.717, 1.165) is 37.7 Å². The van der Waals surface area contributed by atoms with Crippen LogP contribution in [-0.2, 0) is 9.59 Å². The van der Waals surface area contributed by atoms with Gasteiger partial charge in [-0.3, -0.25) is 14.4 Å². The number of carbonyl (C=O) groups is 3. The van der Waals surface area contributed by atoms with Crippen molar-refractivity contribution in [3.05, 3.63) is 71.5 Å². The van der Waals surface area contributed by atoms with Crippen molar-refractivity contribution in [3.8, 4) is 0 Å². The number of amides is 3.